The van der Waals surface area contributed by atoms with Crippen LogP contribution >= 0.6 is 0 Å². The van der Waals surface area contributed by atoms with Crippen LogP contribution in [0, 0.1) is 0 Å². The lowest BCUT2D eigenvalue weighted by Crippen LogP contribution is -2.27. The molecule has 0 aliphatic rings. The van der Waals surface area contributed by atoms with E-state index in [0.29, 0.717) is 5.76 Å². The zero-order valence-corrected chi connectivity index (χ0v) is 15.6. The monoisotopic (exact) mass is 384 g/mol. The zero-order chi connectivity index (χ0) is 19.4. The maximum atomic E-state index is 12.6. The van der Waals surface area contributed by atoms with E-state index in [1.165, 1.54) is 24.3 Å². The topological polar surface area (TPSA) is 88.4 Å². The molecule has 0 bridgehead atoms. The molecule has 0 saturated heterocycles. The number of hydrogen-bond acceptors (Lipinski definition) is 4. The molecule has 0 fully saturated rings. The number of carbonyl (C=O) groups excluding carboxylic acids is 1. The number of carbonyl (C=O) groups is 1. The van der Waals surface area contributed by atoms with E-state index in [9.17, 15) is 13.2 Å². The van der Waals surface area contributed by atoms with Gasteiger partial charge in [0.1, 0.15) is 11.3 Å². The molecule has 3 aromatic rings. The lowest BCUT2D eigenvalue weighted by atomic mass is 10.1. The fourth-order valence-electron chi connectivity index (χ4n) is 2.62. The van der Waals surface area contributed by atoms with Gasteiger partial charge in [0, 0.05) is 17.5 Å². The quantitative estimate of drug-likeness (QED) is 0.611. The van der Waals surface area contributed by atoms with Crippen LogP contribution in [-0.2, 0) is 10.0 Å². The minimum absolute atomic E-state index is 0.0217. The van der Waals surface area contributed by atoms with Gasteiger partial charge in [-0.1, -0.05) is 30.3 Å². The Morgan fingerprint density at radius 2 is 1.96 bits per heavy atom. The molecule has 0 aliphatic carbocycles. The molecule has 0 aliphatic heterocycles. The van der Waals surface area contributed by atoms with Crippen LogP contribution in [0.3, 0.4) is 0 Å². The van der Waals surface area contributed by atoms with Crippen molar-refractivity contribution >= 4 is 26.9 Å². The van der Waals surface area contributed by atoms with Crippen LogP contribution in [0.2, 0.25) is 0 Å². The Morgan fingerprint density at radius 1 is 1.19 bits per heavy atom. The molecule has 0 saturated carbocycles. The van der Waals surface area contributed by atoms with Crippen LogP contribution in [0.25, 0.3) is 11.0 Å². The summed E-state index contributed by atoms with van der Waals surface area (Å²) in [5, 5.41) is 3.78. The molecule has 7 heteroatoms. The summed E-state index contributed by atoms with van der Waals surface area (Å²) >= 11 is 0. The highest BCUT2D eigenvalue weighted by molar-refractivity contribution is 7.89. The van der Waals surface area contributed by atoms with Crippen LogP contribution < -0.4 is 10.0 Å². The van der Waals surface area contributed by atoms with E-state index < -0.39 is 10.0 Å². The van der Waals surface area contributed by atoms with Crippen LogP contribution in [-0.4, -0.2) is 20.9 Å². The zero-order valence-electron chi connectivity index (χ0n) is 14.8. The minimum Gasteiger partial charge on any atom is -0.459 e. The van der Waals surface area contributed by atoms with Crippen molar-refractivity contribution in [2.45, 2.75) is 17.9 Å². The second kappa shape index (κ2) is 7.77. The van der Waals surface area contributed by atoms with E-state index in [1.54, 1.807) is 6.07 Å². The molecular formula is C20H20N2O4S. The normalized spacial score (nSPS) is 12.6. The summed E-state index contributed by atoms with van der Waals surface area (Å²) in [7, 11) is -3.70. The fourth-order valence-corrected chi connectivity index (χ4v) is 3.67. The number of fused-ring (bicyclic) bond motifs is 1. The molecule has 140 valence electrons. The first-order valence-electron chi connectivity index (χ1n) is 8.40. The van der Waals surface area contributed by atoms with E-state index >= 15 is 0 Å². The van der Waals surface area contributed by atoms with Gasteiger partial charge in [0.05, 0.1) is 10.9 Å². The van der Waals surface area contributed by atoms with Gasteiger partial charge in [0.15, 0.2) is 0 Å². The number of furan rings is 1. The molecule has 1 aromatic heterocycles. The van der Waals surface area contributed by atoms with Crippen molar-refractivity contribution in [1.29, 1.82) is 0 Å². The Bertz CT molecular complexity index is 1050. The average molecular weight is 384 g/mol. The van der Waals surface area contributed by atoms with E-state index in [1.807, 2.05) is 37.3 Å². The third-order valence-corrected chi connectivity index (χ3v) is 5.46. The summed E-state index contributed by atoms with van der Waals surface area (Å²) in [5.41, 5.74) is 0.995. The molecule has 1 amide bonds. The number of rotatable bonds is 7. The van der Waals surface area contributed by atoms with Gasteiger partial charge in [0.25, 0.3) is 5.91 Å². The molecule has 1 heterocycles. The molecule has 2 N–H and O–H groups in total. The molecular weight excluding hydrogens is 364 g/mol. The van der Waals surface area contributed by atoms with Gasteiger partial charge in [-0.05, 0) is 37.3 Å². The lowest BCUT2D eigenvalue weighted by Gasteiger charge is -2.12. The number of para-hydroxylation sites is 1. The standard InChI is InChI=1S/C20H20N2O4S/c1-3-11-21-27(24,25)17-9-6-8-16(12-17)20(23)22-14(2)19-13-15-7-4-5-10-18(15)26-19/h3-10,12-14,21H,1,11H2,2H3,(H,22,23)/t14-/m0/s1. The molecule has 3 rings (SSSR count). The first kappa shape index (κ1) is 18.9. The summed E-state index contributed by atoms with van der Waals surface area (Å²) in [4.78, 5) is 12.6. The van der Waals surface area contributed by atoms with Crippen molar-refractivity contribution in [3.8, 4) is 0 Å². The predicted octanol–water partition coefficient (Wildman–Crippen LogP) is 3.39. The lowest BCUT2D eigenvalue weighted by molar-refractivity contribution is 0.0935. The van der Waals surface area contributed by atoms with Gasteiger partial charge in [-0.2, -0.15) is 0 Å². The number of nitrogens with one attached hydrogen (secondary N) is 2. The van der Waals surface area contributed by atoms with Crippen molar-refractivity contribution in [3.63, 3.8) is 0 Å². The van der Waals surface area contributed by atoms with Crippen LogP contribution in [0.1, 0.15) is 29.1 Å². The van der Waals surface area contributed by atoms with Crippen molar-refractivity contribution in [1.82, 2.24) is 10.0 Å². The van der Waals surface area contributed by atoms with E-state index in [2.05, 4.69) is 16.6 Å². The molecule has 6 nitrogen and oxygen atoms in total. The third-order valence-electron chi connectivity index (χ3n) is 4.04. The minimum atomic E-state index is -3.70. The van der Waals surface area contributed by atoms with Crippen molar-refractivity contribution < 1.29 is 17.6 Å². The highest BCUT2D eigenvalue weighted by atomic mass is 32.2. The molecule has 0 unspecified atom stereocenters. The van der Waals surface area contributed by atoms with Gasteiger partial charge in [-0.3, -0.25) is 4.79 Å². The Hall–Kier alpha value is -2.90. The highest BCUT2D eigenvalue weighted by Crippen LogP contribution is 2.24. The SMILES string of the molecule is C=CCNS(=O)(=O)c1cccc(C(=O)N[C@@H](C)c2cc3ccccc3o2)c1. The fraction of sp³-hybridized carbons (Fsp3) is 0.150. The first-order chi connectivity index (χ1) is 12.9. The Morgan fingerprint density at radius 3 is 2.70 bits per heavy atom. The first-order valence-corrected chi connectivity index (χ1v) is 9.89. The van der Waals surface area contributed by atoms with Gasteiger partial charge in [-0.25, -0.2) is 13.1 Å². The molecule has 2 aromatic carbocycles. The predicted molar refractivity (Wildman–Crippen MR) is 104 cm³/mol. The van der Waals surface area contributed by atoms with Gasteiger partial charge >= 0.3 is 0 Å². The summed E-state index contributed by atoms with van der Waals surface area (Å²) in [6.07, 6.45) is 1.45. The molecule has 0 radical (unpaired) electrons. The van der Waals surface area contributed by atoms with Crippen LogP contribution in [0.4, 0.5) is 0 Å². The van der Waals surface area contributed by atoms with Crippen LogP contribution in [0.15, 0.2) is 76.6 Å². The van der Waals surface area contributed by atoms with Crippen molar-refractivity contribution in [2.24, 2.45) is 0 Å². The van der Waals surface area contributed by atoms with Gasteiger partial charge in [-0.15, -0.1) is 6.58 Å². The second-order valence-electron chi connectivity index (χ2n) is 6.05. The van der Waals surface area contributed by atoms with Gasteiger partial charge in [0.2, 0.25) is 10.0 Å². The van der Waals surface area contributed by atoms with Crippen molar-refractivity contribution in [2.75, 3.05) is 6.54 Å². The van der Waals surface area contributed by atoms with E-state index in [4.69, 9.17) is 4.42 Å². The van der Waals surface area contributed by atoms with Crippen molar-refractivity contribution in [3.05, 3.63) is 78.6 Å². The van der Waals surface area contributed by atoms with Crippen LogP contribution in [0.5, 0.6) is 0 Å². The Labute approximate surface area is 157 Å². The highest BCUT2D eigenvalue weighted by Gasteiger charge is 2.18. The second-order valence-corrected chi connectivity index (χ2v) is 7.82. The van der Waals surface area contributed by atoms with E-state index in [0.717, 1.165) is 11.0 Å². The maximum Gasteiger partial charge on any atom is 0.251 e. The number of sulfonamides is 1. The molecule has 0 spiro atoms. The number of hydrogen-bond donors (Lipinski definition) is 2. The Kier molecular flexibility index (Phi) is 5.43. The summed E-state index contributed by atoms with van der Waals surface area (Å²) in [6.45, 7) is 5.40. The number of benzene rings is 2. The average Bonchev–Trinajstić information content (AvgIpc) is 3.11. The summed E-state index contributed by atoms with van der Waals surface area (Å²) in [6, 6.07) is 15.0. The summed E-state index contributed by atoms with van der Waals surface area (Å²) in [5.74, 6) is 0.240. The molecule has 27 heavy (non-hydrogen) atoms. The van der Waals surface area contributed by atoms with Gasteiger partial charge < -0.3 is 9.73 Å². The maximum absolute atomic E-state index is 12.6. The largest absolute Gasteiger partial charge is 0.459 e. The summed E-state index contributed by atoms with van der Waals surface area (Å²) < 4.78 is 32.5. The number of amides is 1. The Balaban J connectivity index is 1.77. The molecule has 1 atom stereocenters. The third kappa shape index (κ3) is 4.27. The smallest absolute Gasteiger partial charge is 0.251 e. The van der Waals surface area contributed by atoms with E-state index in [-0.39, 0.29) is 29.0 Å².